The number of aromatic nitrogens is 2. The van der Waals surface area contributed by atoms with E-state index in [0.717, 1.165) is 32.9 Å². The number of H-pyrrole nitrogens is 1. The smallest absolute Gasteiger partial charge is 0.238 e. The van der Waals surface area contributed by atoms with Gasteiger partial charge in [-0.3, -0.25) is 4.79 Å². The van der Waals surface area contributed by atoms with Gasteiger partial charge in [0.2, 0.25) is 15.9 Å². The Balaban J connectivity index is 1.55. The lowest BCUT2D eigenvalue weighted by molar-refractivity contribution is -0.122. The van der Waals surface area contributed by atoms with Crippen LogP contribution in [0.1, 0.15) is 24.5 Å². The second-order valence-electron chi connectivity index (χ2n) is 7.81. The summed E-state index contributed by atoms with van der Waals surface area (Å²) in [5.41, 5.74) is 2.53. The molecule has 0 saturated carbocycles. The maximum absolute atomic E-state index is 13.1. The van der Waals surface area contributed by atoms with Crippen LogP contribution in [0.25, 0.3) is 21.8 Å². The summed E-state index contributed by atoms with van der Waals surface area (Å²) in [7, 11) is -3.58. The van der Waals surface area contributed by atoms with Crippen molar-refractivity contribution in [2.75, 3.05) is 5.75 Å². The number of fused-ring (bicyclic) bond motifs is 2. The van der Waals surface area contributed by atoms with E-state index in [0.29, 0.717) is 6.42 Å². The number of aromatic amines is 1. The minimum Gasteiger partial charge on any atom is -0.351 e. The molecule has 2 heterocycles. The molecule has 7 nitrogen and oxygen atoms in total. The Morgan fingerprint density at radius 3 is 2.75 bits per heavy atom. The Morgan fingerprint density at radius 1 is 1.09 bits per heavy atom. The van der Waals surface area contributed by atoms with Crippen LogP contribution in [0, 0.1) is 0 Å². The number of nitrogens with one attached hydrogen (secondary N) is 3. The third kappa shape index (κ3) is 5.15. The summed E-state index contributed by atoms with van der Waals surface area (Å²) in [5, 5.41) is 5.88. The van der Waals surface area contributed by atoms with Crippen LogP contribution in [-0.2, 0) is 27.8 Å². The van der Waals surface area contributed by atoms with E-state index < -0.39 is 16.1 Å². The lowest BCUT2D eigenvalue weighted by Crippen LogP contribution is -2.48. The number of nitrogens with zero attached hydrogens (tertiary/aromatic N) is 1. The van der Waals surface area contributed by atoms with Crippen molar-refractivity contribution < 1.29 is 13.2 Å². The van der Waals surface area contributed by atoms with Gasteiger partial charge in [-0.05, 0) is 46.9 Å². The molecule has 0 bridgehead atoms. The van der Waals surface area contributed by atoms with E-state index in [4.69, 9.17) is 0 Å². The number of sulfonamides is 1. The quantitative estimate of drug-likeness (QED) is 0.364. The Bertz CT molecular complexity index is 1340. The molecular formula is C24H26N4O3S. The van der Waals surface area contributed by atoms with Gasteiger partial charge in [0.15, 0.2) is 0 Å². The van der Waals surface area contributed by atoms with Gasteiger partial charge in [-0.2, -0.15) is 0 Å². The van der Waals surface area contributed by atoms with Gasteiger partial charge in [0, 0.05) is 24.3 Å². The van der Waals surface area contributed by atoms with Gasteiger partial charge in [-0.25, -0.2) is 18.1 Å². The van der Waals surface area contributed by atoms with Crippen LogP contribution in [0.15, 0.2) is 67.0 Å². The van der Waals surface area contributed by atoms with E-state index in [1.807, 2.05) is 60.8 Å². The van der Waals surface area contributed by atoms with Gasteiger partial charge in [0.1, 0.15) is 11.7 Å². The molecule has 2 aromatic carbocycles. The van der Waals surface area contributed by atoms with E-state index in [9.17, 15) is 13.2 Å². The van der Waals surface area contributed by atoms with Crippen molar-refractivity contribution in [3.63, 3.8) is 0 Å². The van der Waals surface area contributed by atoms with Crippen LogP contribution in [-0.4, -0.2) is 36.1 Å². The standard InChI is InChI=1S/C24H26N4O3S/c1-2-12-32(30,31)28-22(14-19-8-5-7-18-6-3-4-9-21(18)19)24(29)27-16-17-13-20-10-11-25-23(20)26-15-17/h3-11,13,15,22,28H,2,12,14,16H2,1H3,(H,25,26)(H,27,29). The van der Waals surface area contributed by atoms with Gasteiger partial charge in [0.05, 0.1) is 5.75 Å². The minimum atomic E-state index is -3.58. The Morgan fingerprint density at radius 2 is 1.91 bits per heavy atom. The van der Waals surface area contributed by atoms with Gasteiger partial charge >= 0.3 is 0 Å². The van der Waals surface area contributed by atoms with Crippen LogP contribution in [0.4, 0.5) is 0 Å². The van der Waals surface area contributed by atoms with E-state index in [1.165, 1.54) is 0 Å². The Labute approximate surface area is 187 Å². The number of amides is 1. The van der Waals surface area contributed by atoms with E-state index in [-0.39, 0.29) is 24.6 Å². The Kier molecular flexibility index (Phi) is 6.53. The summed E-state index contributed by atoms with van der Waals surface area (Å²) < 4.78 is 27.6. The largest absolute Gasteiger partial charge is 0.351 e. The number of hydrogen-bond acceptors (Lipinski definition) is 4. The highest BCUT2D eigenvalue weighted by Crippen LogP contribution is 2.20. The molecular weight excluding hydrogens is 424 g/mol. The highest BCUT2D eigenvalue weighted by atomic mass is 32.2. The number of pyridine rings is 1. The molecule has 0 saturated heterocycles. The first-order valence-electron chi connectivity index (χ1n) is 10.6. The van der Waals surface area contributed by atoms with Gasteiger partial charge < -0.3 is 10.3 Å². The molecule has 166 valence electrons. The molecule has 0 aliphatic carbocycles. The average Bonchev–Trinajstić information content (AvgIpc) is 3.25. The zero-order chi connectivity index (χ0) is 22.6. The number of rotatable bonds is 9. The molecule has 1 atom stereocenters. The maximum atomic E-state index is 13.1. The zero-order valence-electron chi connectivity index (χ0n) is 17.8. The Hall–Kier alpha value is -3.23. The number of benzene rings is 2. The van der Waals surface area contributed by atoms with Crippen molar-refractivity contribution in [1.29, 1.82) is 0 Å². The van der Waals surface area contributed by atoms with Gasteiger partial charge in [0.25, 0.3) is 0 Å². The molecule has 0 radical (unpaired) electrons. The lowest BCUT2D eigenvalue weighted by atomic mass is 9.99. The average molecular weight is 451 g/mol. The first kappa shape index (κ1) is 22.0. The van der Waals surface area contributed by atoms with Crippen LogP contribution >= 0.6 is 0 Å². The normalized spacial score (nSPS) is 12.8. The third-order valence-corrected chi connectivity index (χ3v) is 6.93. The molecule has 1 amide bonds. The highest BCUT2D eigenvalue weighted by Gasteiger charge is 2.25. The first-order chi connectivity index (χ1) is 15.4. The molecule has 4 aromatic rings. The summed E-state index contributed by atoms with van der Waals surface area (Å²) in [4.78, 5) is 20.5. The monoisotopic (exact) mass is 450 g/mol. The van der Waals surface area contributed by atoms with Crippen molar-refractivity contribution in [3.8, 4) is 0 Å². The van der Waals surface area contributed by atoms with E-state index in [2.05, 4.69) is 20.0 Å². The summed E-state index contributed by atoms with van der Waals surface area (Å²) >= 11 is 0. The molecule has 4 rings (SSSR count). The van der Waals surface area contributed by atoms with Crippen LogP contribution in [0.3, 0.4) is 0 Å². The molecule has 0 spiro atoms. The minimum absolute atomic E-state index is 0.0274. The molecule has 32 heavy (non-hydrogen) atoms. The molecule has 3 N–H and O–H groups in total. The maximum Gasteiger partial charge on any atom is 0.238 e. The molecule has 0 aliphatic heterocycles. The lowest BCUT2D eigenvalue weighted by Gasteiger charge is -2.19. The van der Waals surface area contributed by atoms with Crippen molar-refractivity contribution in [1.82, 2.24) is 20.0 Å². The predicted molar refractivity (Wildman–Crippen MR) is 127 cm³/mol. The first-order valence-corrected chi connectivity index (χ1v) is 12.3. The second-order valence-corrected chi connectivity index (χ2v) is 9.68. The van der Waals surface area contributed by atoms with Crippen LogP contribution < -0.4 is 10.0 Å². The SMILES string of the molecule is CCCS(=O)(=O)NC(Cc1cccc2ccccc12)C(=O)NCc1cnc2[nH]ccc2c1. The third-order valence-electron chi connectivity index (χ3n) is 5.34. The fraction of sp³-hybridized carbons (Fsp3) is 0.250. The molecule has 1 unspecified atom stereocenters. The fourth-order valence-electron chi connectivity index (χ4n) is 3.82. The summed E-state index contributed by atoms with van der Waals surface area (Å²) in [6.07, 6.45) is 4.23. The van der Waals surface area contributed by atoms with Crippen molar-refractivity contribution in [2.45, 2.75) is 32.4 Å². The predicted octanol–water partition coefficient (Wildman–Crippen LogP) is 3.27. The van der Waals surface area contributed by atoms with E-state index >= 15 is 0 Å². The molecule has 8 heteroatoms. The van der Waals surface area contributed by atoms with Crippen molar-refractivity contribution in [3.05, 3.63) is 78.1 Å². The summed E-state index contributed by atoms with van der Waals surface area (Å²) in [6.45, 7) is 2.05. The summed E-state index contributed by atoms with van der Waals surface area (Å²) in [5.74, 6) is -0.396. The van der Waals surface area contributed by atoms with Gasteiger partial charge in [-0.15, -0.1) is 0 Å². The fourth-order valence-corrected chi connectivity index (χ4v) is 5.10. The number of carbonyl (C=O) groups excluding carboxylic acids is 1. The van der Waals surface area contributed by atoms with Crippen molar-refractivity contribution >= 4 is 37.7 Å². The number of hydrogen-bond donors (Lipinski definition) is 3. The van der Waals surface area contributed by atoms with Crippen LogP contribution in [0.5, 0.6) is 0 Å². The van der Waals surface area contributed by atoms with E-state index in [1.54, 1.807) is 13.1 Å². The van der Waals surface area contributed by atoms with Crippen LogP contribution in [0.2, 0.25) is 0 Å². The second kappa shape index (κ2) is 9.50. The molecule has 2 aromatic heterocycles. The number of carbonyl (C=O) groups is 1. The topological polar surface area (TPSA) is 104 Å². The summed E-state index contributed by atoms with van der Waals surface area (Å²) in [6, 6.07) is 16.7. The molecule has 0 fully saturated rings. The highest BCUT2D eigenvalue weighted by molar-refractivity contribution is 7.89. The molecule has 0 aliphatic rings. The van der Waals surface area contributed by atoms with Gasteiger partial charge in [-0.1, -0.05) is 49.4 Å². The zero-order valence-corrected chi connectivity index (χ0v) is 18.7. The van der Waals surface area contributed by atoms with Crippen molar-refractivity contribution in [2.24, 2.45) is 0 Å².